The zero-order chi connectivity index (χ0) is 15.1. The summed E-state index contributed by atoms with van der Waals surface area (Å²) in [7, 11) is 1.88. The molecule has 0 unspecified atom stereocenters. The molecule has 1 aliphatic carbocycles. The summed E-state index contributed by atoms with van der Waals surface area (Å²) in [6, 6.07) is 9.79. The van der Waals surface area contributed by atoms with E-state index in [2.05, 4.69) is 20.5 Å². The first-order valence-electron chi connectivity index (χ1n) is 7.50. The summed E-state index contributed by atoms with van der Waals surface area (Å²) in [6.45, 7) is 0. The van der Waals surface area contributed by atoms with Crippen LogP contribution in [0.5, 0.6) is 0 Å². The lowest BCUT2D eigenvalue weighted by atomic mass is 9.85. The largest absolute Gasteiger partial charge is 0.340 e. The van der Waals surface area contributed by atoms with Crippen molar-refractivity contribution in [2.45, 2.75) is 25.2 Å². The van der Waals surface area contributed by atoms with Gasteiger partial charge in [-0.1, -0.05) is 24.6 Å². The van der Waals surface area contributed by atoms with Crippen LogP contribution in [0.4, 0.5) is 5.95 Å². The van der Waals surface area contributed by atoms with Crippen LogP contribution in [0.1, 0.15) is 41.5 Å². The summed E-state index contributed by atoms with van der Waals surface area (Å²) in [5, 5.41) is 10.8. The van der Waals surface area contributed by atoms with Gasteiger partial charge < -0.3 is 4.57 Å². The Bertz CT molecular complexity index is 843. The van der Waals surface area contributed by atoms with Crippen molar-refractivity contribution >= 4 is 22.8 Å². The third kappa shape index (κ3) is 2.07. The summed E-state index contributed by atoms with van der Waals surface area (Å²) in [5.74, 6) is 1.49. The zero-order valence-corrected chi connectivity index (χ0v) is 12.3. The van der Waals surface area contributed by atoms with Crippen LogP contribution in [0.15, 0.2) is 30.3 Å². The SMILES string of the molecule is Cn1c(C(=O)Nc2n[nH]c(C3CCC3)n2)cc2ccccc21. The summed E-state index contributed by atoms with van der Waals surface area (Å²) in [6.07, 6.45) is 3.53. The van der Waals surface area contributed by atoms with Gasteiger partial charge in [0.15, 0.2) is 0 Å². The van der Waals surface area contributed by atoms with E-state index < -0.39 is 0 Å². The fourth-order valence-electron chi connectivity index (χ4n) is 2.87. The molecule has 1 fully saturated rings. The minimum absolute atomic E-state index is 0.196. The predicted octanol–water partition coefficient (Wildman–Crippen LogP) is 2.82. The lowest BCUT2D eigenvalue weighted by Crippen LogP contribution is -2.16. The normalized spacial score (nSPS) is 15.0. The molecule has 4 rings (SSSR count). The van der Waals surface area contributed by atoms with Crippen molar-refractivity contribution in [1.29, 1.82) is 0 Å². The highest BCUT2D eigenvalue weighted by molar-refractivity contribution is 6.05. The highest BCUT2D eigenvalue weighted by Gasteiger charge is 2.23. The molecule has 1 saturated carbocycles. The van der Waals surface area contributed by atoms with Gasteiger partial charge in [-0.3, -0.25) is 15.2 Å². The predicted molar refractivity (Wildman–Crippen MR) is 83.8 cm³/mol. The summed E-state index contributed by atoms with van der Waals surface area (Å²) >= 11 is 0. The quantitative estimate of drug-likeness (QED) is 0.780. The maximum absolute atomic E-state index is 12.4. The molecule has 0 aliphatic heterocycles. The molecule has 2 heterocycles. The molecule has 6 nitrogen and oxygen atoms in total. The highest BCUT2D eigenvalue weighted by Crippen LogP contribution is 2.34. The number of carbonyl (C=O) groups is 1. The van der Waals surface area contributed by atoms with E-state index in [0.717, 1.165) is 29.6 Å². The number of para-hydroxylation sites is 1. The first-order valence-corrected chi connectivity index (χ1v) is 7.50. The fourth-order valence-corrected chi connectivity index (χ4v) is 2.87. The van der Waals surface area contributed by atoms with Gasteiger partial charge in [-0.05, 0) is 25.0 Å². The topological polar surface area (TPSA) is 75.6 Å². The van der Waals surface area contributed by atoms with Crippen LogP contribution in [-0.2, 0) is 7.05 Å². The van der Waals surface area contributed by atoms with Gasteiger partial charge in [-0.15, -0.1) is 5.10 Å². The van der Waals surface area contributed by atoms with Crippen molar-refractivity contribution in [1.82, 2.24) is 19.7 Å². The summed E-state index contributed by atoms with van der Waals surface area (Å²) in [4.78, 5) is 16.8. The molecule has 3 aromatic rings. The average molecular weight is 295 g/mol. The zero-order valence-electron chi connectivity index (χ0n) is 12.3. The van der Waals surface area contributed by atoms with Crippen LogP contribution in [-0.4, -0.2) is 25.7 Å². The Hall–Kier alpha value is -2.63. The van der Waals surface area contributed by atoms with Crippen LogP contribution in [0.3, 0.4) is 0 Å². The van der Waals surface area contributed by atoms with Crippen LogP contribution in [0, 0.1) is 0 Å². The van der Waals surface area contributed by atoms with Gasteiger partial charge in [0, 0.05) is 23.9 Å². The van der Waals surface area contributed by atoms with E-state index in [4.69, 9.17) is 0 Å². The van der Waals surface area contributed by atoms with E-state index >= 15 is 0 Å². The van der Waals surface area contributed by atoms with E-state index in [1.807, 2.05) is 41.9 Å². The number of aromatic amines is 1. The van der Waals surface area contributed by atoms with Crippen LogP contribution in [0.2, 0.25) is 0 Å². The minimum Gasteiger partial charge on any atom is -0.340 e. The number of rotatable bonds is 3. The number of carbonyl (C=O) groups excluding carboxylic acids is 1. The standard InChI is InChI=1S/C16H17N5O/c1-21-12-8-3-2-5-11(12)9-13(21)15(22)18-16-17-14(19-20-16)10-6-4-7-10/h2-3,5,8-10H,4,6-7H2,1H3,(H2,17,18,19,20,22). The van der Waals surface area contributed by atoms with E-state index in [9.17, 15) is 4.79 Å². The molecule has 6 heteroatoms. The summed E-state index contributed by atoms with van der Waals surface area (Å²) < 4.78 is 1.88. The molecular formula is C16H17N5O. The number of aromatic nitrogens is 4. The van der Waals surface area contributed by atoms with Gasteiger partial charge in [0.1, 0.15) is 11.5 Å². The Morgan fingerprint density at radius 1 is 1.36 bits per heavy atom. The molecule has 2 aromatic heterocycles. The Morgan fingerprint density at radius 2 is 2.18 bits per heavy atom. The van der Waals surface area contributed by atoms with Crippen molar-refractivity contribution in [2.75, 3.05) is 5.32 Å². The smallest absolute Gasteiger partial charge is 0.274 e. The molecule has 0 bridgehead atoms. The number of H-pyrrole nitrogens is 1. The average Bonchev–Trinajstić information content (AvgIpc) is 3.03. The van der Waals surface area contributed by atoms with E-state index in [-0.39, 0.29) is 5.91 Å². The third-order valence-electron chi connectivity index (χ3n) is 4.40. The molecule has 0 saturated heterocycles. The molecule has 0 radical (unpaired) electrons. The lowest BCUT2D eigenvalue weighted by molar-refractivity contribution is 0.101. The number of aryl methyl sites for hydroxylation is 1. The summed E-state index contributed by atoms with van der Waals surface area (Å²) in [5.41, 5.74) is 1.62. The second-order valence-corrected chi connectivity index (χ2v) is 5.77. The van der Waals surface area contributed by atoms with E-state index in [1.165, 1.54) is 6.42 Å². The number of fused-ring (bicyclic) bond motifs is 1. The molecule has 0 atom stereocenters. The molecule has 0 spiro atoms. The first-order chi connectivity index (χ1) is 10.7. The molecule has 112 valence electrons. The molecular weight excluding hydrogens is 278 g/mol. The van der Waals surface area contributed by atoms with Crippen molar-refractivity contribution in [3.63, 3.8) is 0 Å². The Kier molecular flexibility index (Phi) is 2.96. The third-order valence-corrected chi connectivity index (χ3v) is 4.40. The fraction of sp³-hybridized carbons (Fsp3) is 0.312. The molecule has 2 N–H and O–H groups in total. The molecule has 1 amide bonds. The number of amides is 1. The molecule has 1 aromatic carbocycles. The van der Waals surface area contributed by atoms with Gasteiger partial charge in [0.2, 0.25) is 5.95 Å². The van der Waals surface area contributed by atoms with Gasteiger partial charge in [-0.25, -0.2) is 0 Å². The van der Waals surface area contributed by atoms with Gasteiger partial charge in [-0.2, -0.15) is 4.98 Å². The van der Waals surface area contributed by atoms with Crippen LogP contribution >= 0.6 is 0 Å². The van der Waals surface area contributed by atoms with Gasteiger partial charge in [0.25, 0.3) is 5.91 Å². The van der Waals surface area contributed by atoms with Gasteiger partial charge in [0.05, 0.1) is 0 Å². The monoisotopic (exact) mass is 295 g/mol. The van der Waals surface area contributed by atoms with Crippen molar-refractivity contribution < 1.29 is 4.79 Å². The maximum atomic E-state index is 12.4. The Morgan fingerprint density at radius 3 is 2.91 bits per heavy atom. The van der Waals surface area contributed by atoms with Crippen molar-refractivity contribution in [2.24, 2.45) is 7.05 Å². The van der Waals surface area contributed by atoms with Crippen LogP contribution in [0.25, 0.3) is 10.9 Å². The Labute approximate surface area is 127 Å². The Balaban J connectivity index is 1.58. The first kappa shape index (κ1) is 13.1. The minimum atomic E-state index is -0.196. The molecule has 1 aliphatic rings. The number of nitrogens with one attached hydrogen (secondary N) is 2. The second-order valence-electron chi connectivity index (χ2n) is 5.77. The molecule has 22 heavy (non-hydrogen) atoms. The van der Waals surface area contributed by atoms with Gasteiger partial charge >= 0.3 is 0 Å². The lowest BCUT2D eigenvalue weighted by Gasteiger charge is -2.22. The highest BCUT2D eigenvalue weighted by atomic mass is 16.2. The second kappa shape index (κ2) is 4.98. The number of benzene rings is 1. The van der Waals surface area contributed by atoms with Crippen molar-refractivity contribution in [3.05, 3.63) is 41.9 Å². The number of hydrogen-bond donors (Lipinski definition) is 2. The van der Waals surface area contributed by atoms with E-state index in [1.54, 1.807) is 0 Å². The van der Waals surface area contributed by atoms with Crippen molar-refractivity contribution in [3.8, 4) is 0 Å². The maximum Gasteiger partial charge on any atom is 0.274 e. The van der Waals surface area contributed by atoms with Crippen LogP contribution < -0.4 is 5.32 Å². The van der Waals surface area contributed by atoms with E-state index in [0.29, 0.717) is 17.6 Å². The number of nitrogens with zero attached hydrogens (tertiary/aromatic N) is 3. The number of hydrogen-bond acceptors (Lipinski definition) is 3. The number of anilines is 1.